The summed E-state index contributed by atoms with van der Waals surface area (Å²) in [6, 6.07) is 24.5. The van der Waals surface area contributed by atoms with E-state index in [1.54, 1.807) is 16.8 Å². The highest BCUT2D eigenvalue weighted by atomic mass is 79.9. The predicted molar refractivity (Wildman–Crippen MR) is 130 cm³/mol. The van der Waals surface area contributed by atoms with Gasteiger partial charge < -0.3 is 4.90 Å². The van der Waals surface area contributed by atoms with Gasteiger partial charge in [-0.25, -0.2) is 4.99 Å². The van der Waals surface area contributed by atoms with E-state index in [0.717, 1.165) is 21.4 Å². The third-order valence-corrected chi connectivity index (χ3v) is 6.64. The second-order valence-electron chi connectivity index (χ2n) is 7.04. The van der Waals surface area contributed by atoms with Crippen molar-refractivity contribution in [1.29, 1.82) is 0 Å². The van der Waals surface area contributed by atoms with Crippen molar-refractivity contribution < 1.29 is 9.59 Å². The first-order valence-corrected chi connectivity index (χ1v) is 11.2. The molecular weight excluding hydrogens is 474 g/mol. The maximum Gasteiger partial charge on any atom is 0.272 e. The highest BCUT2D eigenvalue weighted by molar-refractivity contribution is 9.10. The molecule has 2 aliphatic heterocycles. The summed E-state index contributed by atoms with van der Waals surface area (Å²) in [6.45, 7) is 0. The Morgan fingerprint density at radius 1 is 0.871 bits per heavy atom. The minimum atomic E-state index is -0.254. The van der Waals surface area contributed by atoms with E-state index >= 15 is 0 Å². The number of aliphatic imine (C=N–C) groups is 1. The molecule has 5 rings (SSSR count). The molecule has 0 bridgehead atoms. The first-order valence-electron chi connectivity index (χ1n) is 9.58. The van der Waals surface area contributed by atoms with Crippen molar-refractivity contribution >= 4 is 67.3 Å². The number of amides is 2. The van der Waals surface area contributed by atoms with E-state index in [-0.39, 0.29) is 11.8 Å². The lowest BCUT2D eigenvalue weighted by molar-refractivity contribution is -0.115. The van der Waals surface area contributed by atoms with Crippen LogP contribution in [0.2, 0.25) is 0 Å². The highest BCUT2D eigenvalue weighted by Crippen LogP contribution is 2.46. The molecule has 2 heterocycles. The minimum absolute atomic E-state index is 0.196. The molecule has 0 aromatic heterocycles. The molecule has 2 amide bonds. The summed E-state index contributed by atoms with van der Waals surface area (Å²) in [5.41, 5.74) is 3.38. The van der Waals surface area contributed by atoms with Crippen LogP contribution in [0.5, 0.6) is 0 Å². The van der Waals surface area contributed by atoms with Crippen molar-refractivity contribution in [2.45, 2.75) is 0 Å². The number of carbonyl (C=O) groups is 2. The summed E-state index contributed by atoms with van der Waals surface area (Å²) in [7, 11) is 1.72. The Morgan fingerprint density at radius 3 is 2.26 bits per heavy atom. The molecule has 31 heavy (non-hydrogen) atoms. The summed E-state index contributed by atoms with van der Waals surface area (Å²) in [5.74, 6) is -0.451. The third kappa shape index (κ3) is 3.40. The fourth-order valence-electron chi connectivity index (χ4n) is 3.63. The maximum absolute atomic E-state index is 13.6. The molecule has 2 aliphatic rings. The Bertz CT molecular complexity index is 1270. The Balaban J connectivity index is 1.70. The van der Waals surface area contributed by atoms with Gasteiger partial charge in [0, 0.05) is 17.1 Å². The molecule has 0 N–H and O–H groups in total. The van der Waals surface area contributed by atoms with E-state index in [9.17, 15) is 9.59 Å². The Hall–Kier alpha value is -3.16. The van der Waals surface area contributed by atoms with Crippen LogP contribution in [-0.2, 0) is 9.59 Å². The average molecular weight is 490 g/mol. The smallest absolute Gasteiger partial charge is 0.272 e. The van der Waals surface area contributed by atoms with Gasteiger partial charge in [-0.3, -0.25) is 14.5 Å². The van der Waals surface area contributed by atoms with Crippen molar-refractivity contribution in [3.63, 3.8) is 0 Å². The fraction of sp³-hybridized carbons (Fsp3) is 0.0417. The predicted octanol–water partition coefficient (Wildman–Crippen LogP) is 5.60. The Morgan fingerprint density at radius 2 is 1.55 bits per heavy atom. The molecule has 3 aromatic rings. The van der Waals surface area contributed by atoms with E-state index in [1.165, 1.54) is 11.8 Å². The van der Waals surface area contributed by atoms with Crippen LogP contribution in [0, 0.1) is 0 Å². The molecule has 0 unspecified atom stereocenters. The number of rotatable bonds is 2. The third-order valence-electron chi connectivity index (χ3n) is 5.11. The standard InChI is InChI=1S/C24H16BrN3O2S/c1-27-19-13-12-15(25)14-18(19)20(22(27)29)21-23(30)28(17-10-6-3-7-11-17)24(31-21)26-16-8-4-2-5-9-16/h2-14H,1H3. The molecule has 3 aromatic carbocycles. The maximum atomic E-state index is 13.6. The molecule has 1 saturated heterocycles. The van der Waals surface area contributed by atoms with Gasteiger partial charge in [0.1, 0.15) is 0 Å². The van der Waals surface area contributed by atoms with Gasteiger partial charge in [0.05, 0.1) is 27.5 Å². The minimum Gasteiger partial charge on any atom is -0.311 e. The van der Waals surface area contributed by atoms with Crippen LogP contribution in [0.4, 0.5) is 17.1 Å². The molecule has 5 nitrogen and oxygen atoms in total. The zero-order valence-electron chi connectivity index (χ0n) is 16.4. The molecule has 0 atom stereocenters. The van der Waals surface area contributed by atoms with Gasteiger partial charge in [-0.1, -0.05) is 52.3 Å². The number of halogens is 1. The number of anilines is 2. The number of benzene rings is 3. The largest absolute Gasteiger partial charge is 0.311 e. The highest BCUT2D eigenvalue weighted by Gasteiger charge is 2.42. The summed E-state index contributed by atoms with van der Waals surface area (Å²) < 4.78 is 0.848. The SMILES string of the molecule is CN1C(=O)C(=C2SC(=Nc3ccccc3)N(c3ccccc3)C2=O)c2cc(Br)ccc21. The number of nitrogens with zero attached hydrogens (tertiary/aromatic N) is 3. The molecular formula is C24H16BrN3O2S. The van der Waals surface area contributed by atoms with Gasteiger partial charge in [-0.05, 0) is 54.2 Å². The molecule has 0 aliphatic carbocycles. The molecule has 0 radical (unpaired) electrons. The van der Waals surface area contributed by atoms with Crippen LogP contribution in [0.1, 0.15) is 5.56 Å². The van der Waals surface area contributed by atoms with Crippen molar-refractivity contribution in [3.05, 3.63) is 93.8 Å². The van der Waals surface area contributed by atoms with Crippen molar-refractivity contribution in [1.82, 2.24) is 0 Å². The molecule has 152 valence electrons. The Labute approximate surface area is 192 Å². The second-order valence-corrected chi connectivity index (χ2v) is 8.93. The normalized spacial score (nSPS) is 19.5. The Kier molecular flexibility index (Phi) is 5.00. The summed E-state index contributed by atoms with van der Waals surface area (Å²) in [4.78, 5) is 35.0. The number of likely N-dealkylation sites (N-methyl/N-ethyl adjacent to an activating group) is 1. The van der Waals surface area contributed by atoms with Crippen molar-refractivity contribution in [3.8, 4) is 0 Å². The molecule has 1 fully saturated rings. The van der Waals surface area contributed by atoms with Gasteiger partial charge in [0.15, 0.2) is 5.17 Å². The van der Waals surface area contributed by atoms with E-state index in [0.29, 0.717) is 21.3 Å². The number of hydrogen-bond acceptors (Lipinski definition) is 4. The van der Waals surface area contributed by atoms with Crippen LogP contribution in [0.15, 0.2) is 93.2 Å². The zero-order valence-corrected chi connectivity index (χ0v) is 18.9. The van der Waals surface area contributed by atoms with E-state index < -0.39 is 0 Å². The van der Waals surface area contributed by atoms with Crippen molar-refractivity contribution in [2.75, 3.05) is 16.8 Å². The monoisotopic (exact) mass is 489 g/mol. The number of amidine groups is 1. The van der Waals surface area contributed by atoms with Crippen LogP contribution in [-0.4, -0.2) is 24.0 Å². The summed E-state index contributed by atoms with van der Waals surface area (Å²) >= 11 is 4.71. The van der Waals surface area contributed by atoms with Crippen LogP contribution in [0.3, 0.4) is 0 Å². The number of fused-ring (bicyclic) bond motifs is 1. The first-order chi connectivity index (χ1) is 15.0. The van der Waals surface area contributed by atoms with Crippen LogP contribution >= 0.6 is 27.7 Å². The lowest BCUT2D eigenvalue weighted by Gasteiger charge is -2.15. The van der Waals surface area contributed by atoms with Crippen LogP contribution < -0.4 is 9.80 Å². The van der Waals surface area contributed by atoms with E-state index in [2.05, 4.69) is 15.9 Å². The summed E-state index contributed by atoms with van der Waals surface area (Å²) in [6.07, 6.45) is 0. The number of hydrogen-bond donors (Lipinski definition) is 0. The topological polar surface area (TPSA) is 53.0 Å². The lowest BCUT2D eigenvalue weighted by atomic mass is 10.1. The van der Waals surface area contributed by atoms with Crippen molar-refractivity contribution in [2.24, 2.45) is 4.99 Å². The molecule has 7 heteroatoms. The van der Waals surface area contributed by atoms with E-state index in [4.69, 9.17) is 4.99 Å². The van der Waals surface area contributed by atoms with Gasteiger partial charge >= 0.3 is 0 Å². The first kappa shape index (κ1) is 19.8. The zero-order chi connectivity index (χ0) is 21.5. The van der Waals surface area contributed by atoms with Gasteiger partial charge in [0.2, 0.25) is 0 Å². The summed E-state index contributed by atoms with van der Waals surface area (Å²) in [5, 5.41) is 0.517. The van der Waals surface area contributed by atoms with Gasteiger partial charge in [0.25, 0.3) is 11.8 Å². The number of para-hydroxylation sites is 2. The average Bonchev–Trinajstić information content (AvgIpc) is 3.22. The van der Waals surface area contributed by atoms with E-state index in [1.807, 2.05) is 78.9 Å². The second kappa shape index (κ2) is 7.83. The fourth-order valence-corrected chi connectivity index (χ4v) is 5.08. The van der Waals surface area contributed by atoms with Crippen LogP contribution in [0.25, 0.3) is 5.57 Å². The lowest BCUT2D eigenvalue weighted by Crippen LogP contribution is -2.29. The van der Waals surface area contributed by atoms with Gasteiger partial charge in [-0.2, -0.15) is 0 Å². The number of thioether (sulfide) groups is 1. The number of carbonyl (C=O) groups excluding carboxylic acids is 2. The molecule has 0 spiro atoms. The molecule has 0 saturated carbocycles. The van der Waals surface area contributed by atoms with Gasteiger partial charge in [-0.15, -0.1) is 0 Å². The quantitative estimate of drug-likeness (QED) is 0.440.